The third-order valence-electron chi connectivity index (χ3n) is 5.31. The third kappa shape index (κ3) is 3.70. The number of benzene rings is 2. The summed E-state index contributed by atoms with van der Waals surface area (Å²) in [7, 11) is 1.72. The number of aromatic nitrogens is 1. The SMILES string of the molecule is CCCC(NCC)c1cnc(-c2c(C)ccc(OC)c2C)c2ccccc12. The zero-order chi connectivity index (χ0) is 19.4. The summed E-state index contributed by atoms with van der Waals surface area (Å²) in [6, 6.07) is 13.1. The molecule has 0 aliphatic heterocycles. The molecule has 0 amide bonds. The summed E-state index contributed by atoms with van der Waals surface area (Å²) < 4.78 is 5.56. The van der Waals surface area contributed by atoms with Crippen molar-refractivity contribution in [3.05, 3.63) is 59.3 Å². The molecule has 0 fully saturated rings. The fourth-order valence-corrected chi connectivity index (χ4v) is 4.01. The van der Waals surface area contributed by atoms with Gasteiger partial charge in [0, 0.05) is 28.8 Å². The molecular weight excluding hydrogens is 332 g/mol. The molecule has 0 aliphatic rings. The molecule has 0 aliphatic carbocycles. The van der Waals surface area contributed by atoms with Crippen LogP contribution in [0.3, 0.4) is 0 Å². The maximum absolute atomic E-state index is 5.56. The van der Waals surface area contributed by atoms with Gasteiger partial charge in [0.05, 0.1) is 12.8 Å². The fourth-order valence-electron chi connectivity index (χ4n) is 4.01. The minimum Gasteiger partial charge on any atom is -0.496 e. The van der Waals surface area contributed by atoms with E-state index < -0.39 is 0 Å². The molecule has 1 unspecified atom stereocenters. The summed E-state index contributed by atoms with van der Waals surface area (Å²) >= 11 is 0. The number of hydrogen-bond acceptors (Lipinski definition) is 3. The number of hydrogen-bond donors (Lipinski definition) is 1. The number of nitrogens with one attached hydrogen (secondary N) is 1. The molecule has 3 nitrogen and oxygen atoms in total. The van der Waals surface area contributed by atoms with Crippen molar-refractivity contribution in [3.8, 4) is 17.0 Å². The van der Waals surface area contributed by atoms with Crippen molar-refractivity contribution in [1.82, 2.24) is 10.3 Å². The summed E-state index contributed by atoms with van der Waals surface area (Å²) in [5.41, 5.74) is 5.86. The molecule has 142 valence electrons. The van der Waals surface area contributed by atoms with Gasteiger partial charge >= 0.3 is 0 Å². The smallest absolute Gasteiger partial charge is 0.122 e. The first-order valence-corrected chi connectivity index (χ1v) is 9.87. The predicted octanol–water partition coefficient (Wildman–Crippen LogP) is 5.98. The van der Waals surface area contributed by atoms with Gasteiger partial charge in [-0.25, -0.2) is 0 Å². The second-order valence-electron chi connectivity index (χ2n) is 7.09. The average molecular weight is 363 g/mol. The highest BCUT2D eigenvalue weighted by Gasteiger charge is 2.18. The molecule has 1 N–H and O–H groups in total. The summed E-state index contributed by atoms with van der Waals surface area (Å²) in [6.07, 6.45) is 4.32. The van der Waals surface area contributed by atoms with E-state index in [1.54, 1.807) is 7.11 Å². The van der Waals surface area contributed by atoms with Crippen LogP contribution in [0.25, 0.3) is 22.0 Å². The van der Waals surface area contributed by atoms with Crippen molar-refractivity contribution in [2.75, 3.05) is 13.7 Å². The molecule has 1 heterocycles. The standard InChI is InChI=1S/C24H30N2O/c1-6-10-21(25-7-2)20-15-26-24(19-12-9-8-11-18(19)20)23-16(3)13-14-22(27-5)17(23)4/h8-9,11-15,21,25H,6-7,10H2,1-5H3. The molecule has 0 spiro atoms. The molecular formula is C24H30N2O. The van der Waals surface area contributed by atoms with Crippen LogP contribution >= 0.6 is 0 Å². The lowest BCUT2D eigenvalue weighted by Gasteiger charge is -2.21. The van der Waals surface area contributed by atoms with Gasteiger partial charge in [0.2, 0.25) is 0 Å². The number of nitrogens with zero attached hydrogens (tertiary/aromatic N) is 1. The van der Waals surface area contributed by atoms with Crippen LogP contribution in [-0.2, 0) is 0 Å². The Hall–Kier alpha value is -2.39. The van der Waals surface area contributed by atoms with Crippen LogP contribution < -0.4 is 10.1 Å². The first-order valence-electron chi connectivity index (χ1n) is 9.87. The normalized spacial score (nSPS) is 12.3. The lowest BCUT2D eigenvalue weighted by Crippen LogP contribution is -2.21. The molecule has 0 radical (unpaired) electrons. The lowest BCUT2D eigenvalue weighted by molar-refractivity contribution is 0.412. The summed E-state index contributed by atoms with van der Waals surface area (Å²) in [4.78, 5) is 4.96. The largest absolute Gasteiger partial charge is 0.496 e. The monoisotopic (exact) mass is 362 g/mol. The Balaban J connectivity index is 2.25. The maximum Gasteiger partial charge on any atom is 0.122 e. The van der Waals surface area contributed by atoms with Crippen LogP contribution in [0.5, 0.6) is 5.75 Å². The molecule has 3 aromatic rings. The number of aryl methyl sites for hydroxylation is 1. The highest BCUT2D eigenvalue weighted by molar-refractivity contribution is 5.98. The molecule has 0 saturated heterocycles. The minimum absolute atomic E-state index is 0.332. The first kappa shape index (κ1) is 19.4. The van der Waals surface area contributed by atoms with Crippen molar-refractivity contribution < 1.29 is 4.74 Å². The molecule has 0 bridgehead atoms. The van der Waals surface area contributed by atoms with Crippen LogP contribution in [0.4, 0.5) is 0 Å². The van der Waals surface area contributed by atoms with E-state index in [-0.39, 0.29) is 0 Å². The van der Waals surface area contributed by atoms with Crippen LogP contribution in [0.2, 0.25) is 0 Å². The van der Waals surface area contributed by atoms with Gasteiger partial charge in [-0.15, -0.1) is 0 Å². The fraction of sp³-hybridized carbons (Fsp3) is 0.375. The molecule has 3 heteroatoms. The molecule has 1 atom stereocenters. The van der Waals surface area contributed by atoms with Gasteiger partial charge in [0.1, 0.15) is 5.75 Å². The van der Waals surface area contributed by atoms with Crippen LogP contribution in [0, 0.1) is 13.8 Å². The van der Waals surface area contributed by atoms with Crippen molar-refractivity contribution >= 4 is 10.8 Å². The van der Waals surface area contributed by atoms with Crippen LogP contribution in [0.15, 0.2) is 42.6 Å². The summed E-state index contributed by atoms with van der Waals surface area (Å²) in [5.74, 6) is 0.905. The van der Waals surface area contributed by atoms with Gasteiger partial charge in [0.25, 0.3) is 0 Å². The van der Waals surface area contributed by atoms with Gasteiger partial charge in [-0.05, 0) is 49.4 Å². The second-order valence-corrected chi connectivity index (χ2v) is 7.09. The Bertz CT molecular complexity index is 927. The molecule has 3 rings (SSSR count). The zero-order valence-electron chi connectivity index (χ0n) is 17.1. The Morgan fingerprint density at radius 1 is 1.04 bits per heavy atom. The topological polar surface area (TPSA) is 34.2 Å². The van der Waals surface area contributed by atoms with Crippen molar-refractivity contribution in [3.63, 3.8) is 0 Å². The van der Waals surface area contributed by atoms with Gasteiger partial charge in [0.15, 0.2) is 0 Å². The van der Waals surface area contributed by atoms with Crippen molar-refractivity contribution in [2.24, 2.45) is 0 Å². The van der Waals surface area contributed by atoms with E-state index in [1.165, 1.54) is 27.5 Å². The van der Waals surface area contributed by atoms with E-state index in [2.05, 4.69) is 69.5 Å². The zero-order valence-corrected chi connectivity index (χ0v) is 17.1. The first-order chi connectivity index (χ1) is 13.1. The van der Waals surface area contributed by atoms with E-state index in [4.69, 9.17) is 9.72 Å². The molecule has 1 aromatic heterocycles. The van der Waals surface area contributed by atoms with E-state index in [0.29, 0.717) is 6.04 Å². The maximum atomic E-state index is 5.56. The molecule has 0 saturated carbocycles. The van der Waals surface area contributed by atoms with E-state index in [0.717, 1.165) is 36.4 Å². The minimum atomic E-state index is 0.332. The number of methoxy groups -OCH3 is 1. The average Bonchev–Trinajstić information content (AvgIpc) is 2.68. The Morgan fingerprint density at radius 2 is 1.78 bits per heavy atom. The number of rotatable bonds is 7. The summed E-state index contributed by atoms with van der Waals surface area (Å²) in [6.45, 7) is 9.61. The third-order valence-corrected chi connectivity index (χ3v) is 5.31. The quantitative estimate of drug-likeness (QED) is 0.561. The van der Waals surface area contributed by atoms with Crippen LogP contribution in [-0.4, -0.2) is 18.6 Å². The van der Waals surface area contributed by atoms with Gasteiger partial charge < -0.3 is 10.1 Å². The van der Waals surface area contributed by atoms with E-state index in [9.17, 15) is 0 Å². The highest BCUT2D eigenvalue weighted by atomic mass is 16.5. The van der Waals surface area contributed by atoms with E-state index >= 15 is 0 Å². The molecule has 2 aromatic carbocycles. The van der Waals surface area contributed by atoms with Crippen molar-refractivity contribution in [1.29, 1.82) is 0 Å². The van der Waals surface area contributed by atoms with Crippen molar-refractivity contribution in [2.45, 2.75) is 46.6 Å². The number of ether oxygens (including phenoxy) is 1. The van der Waals surface area contributed by atoms with Gasteiger partial charge in [-0.3, -0.25) is 4.98 Å². The second kappa shape index (κ2) is 8.53. The summed E-state index contributed by atoms with van der Waals surface area (Å²) in [5, 5.41) is 6.12. The Morgan fingerprint density at radius 3 is 2.44 bits per heavy atom. The van der Waals surface area contributed by atoms with Gasteiger partial charge in [-0.2, -0.15) is 0 Å². The van der Waals surface area contributed by atoms with Crippen LogP contribution in [0.1, 0.15) is 49.4 Å². The highest BCUT2D eigenvalue weighted by Crippen LogP contribution is 2.38. The number of fused-ring (bicyclic) bond motifs is 1. The van der Waals surface area contributed by atoms with E-state index in [1.807, 2.05) is 6.07 Å². The van der Waals surface area contributed by atoms with Gasteiger partial charge in [-0.1, -0.05) is 50.6 Å². The Labute approximate surface area is 162 Å². The lowest BCUT2D eigenvalue weighted by atomic mass is 9.92. The predicted molar refractivity (Wildman–Crippen MR) is 115 cm³/mol. The number of pyridine rings is 1. The molecule has 27 heavy (non-hydrogen) atoms. The Kier molecular flexibility index (Phi) is 6.12.